The maximum atomic E-state index is 9.15. The van der Waals surface area contributed by atoms with Crippen molar-refractivity contribution in [3.05, 3.63) is 25.3 Å². The van der Waals surface area contributed by atoms with Crippen molar-refractivity contribution in [2.45, 2.75) is 24.9 Å². The van der Waals surface area contributed by atoms with Crippen LogP contribution in [0.3, 0.4) is 0 Å². The highest BCUT2D eigenvalue weighted by Crippen LogP contribution is 2.11. The summed E-state index contributed by atoms with van der Waals surface area (Å²) in [4.78, 5) is 1.99. The fourth-order valence-corrected chi connectivity index (χ4v) is 1.48. The minimum absolute atomic E-state index is 0.156. The molecule has 0 radical (unpaired) electrons. The number of aliphatic hydroxyl groups is 1. The summed E-state index contributed by atoms with van der Waals surface area (Å²) >= 11 is 6.07. The monoisotopic (exact) mass is 203 g/mol. The van der Waals surface area contributed by atoms with Crippen molar-refractivity contribution in [1.29, 1.82) is 0 Å². The molecule has 2 unspecified atom stereocenters. The molecule has 3 heteroatoms. The Balaban J connectivity index is 4.00. The highest BCUT2D eigenvalue weighted by Gasteiger charge is 2.14. The SMILES string of the molecule is C=CCN(CC=C)C(Cl)CC(C)O. The minimum Gasteiger partial charge on any atom is -0.393 e. The van der Waals surface area contributed by atoms with Crippen molar-refractivity contribution in [2.24, 2.45) is 0 Å². The molecular formula is C10H18ClNO. The summed E-state index contributed by atoms with van der Waals surface area (Å²) in [6, 6.07) is 0. The molecule has 0 bridgehead atoms. The number of aliphatic hydroxyl groups excluding tert-OH is 1. The van der Waals surface area contributed by atoms with E-state index in [1.807, 2.05) is 4.90 Å². The molecule has 0 saturated carbocycles. The van der Waals surface area contributed by atoms with Gasteiger partial charge in [0.05, 0.1) is 11.6 Å². The fourth-order valence-electron chi connectivity index (χ4n) is 1.07. The molecule has 0 aliphatic rings. The number of halogens is 1. The Morgan fingerprint density at radius 3 is 2.15 bits per heavy atom. The van der Waals surface area contributed by atoms with Gasteiger partial charge in [0, 0.05) is 19.5 Å². The minimum atomic E-state index is -0.375. The van der Waals surface area contributed by atoms with Crippen LogP contribution in [-0.2, 0) is 0 Å². The summed E-state index contributed by atoms with van der Waals surface area (Å²) in [5, 5.41) is 9.15. The van der Waals surface area contributed by atoms with Crippen LogP contribution in [0, 0.1) is 0 Å². The van der Waals surface area contributed by atoms with E-state index in [0.717, 1.165) is 0 Å². The molecule has 0 aromatic heterocycles. The molecular weight excluding hydrogens is 186 g/mol. The molecule has 0 aromatic carbocycles. The van der Waals surface area contributed by atoms with E-state index in [1.54, 1.807) is 19.1 Å². The zero-order valence-corrected chi connectivity index (χ0v) is 8.87. The summed E-state index contributed by atoms with van der Waals surface area (Å²) < 4.78 is 0. The van der Waals surface area contributed by atoms with Gasteiger partial charge in [0.2, 0.25) is 0 Å². The number of alkyl halides is 1. The third kappa shape index (κ3) is 5.86. The number of nitrogens with zero attached hydrogens (tertiary/aromatic N) is 1. The van der Waals surface area contributed by atoms with Crippen LogP contribution in [0.1, 0.15) is 13.3 Å². The lowest BCUT2D eigenvalue weighted by molar-refractivity contribution is 0.153. The van der Waals surface area contributed by atoms with Gasteiger partial charge in [-0.1, -0.05) is 12.2 Å². The maximum Gasteiger partial charge on any atom is 0.0880 e. The highest BCUT2D eigenvalue weighted by atomic mass is 35.5. The Kier molecular flexibility index (Phi) is 6.96. The predicted molar refractivity (Wildman–Crippen MR) is 57.9 cm³/mol. The summed E-state index contributed by atoms with van der Waals surface area (Å²) in [5.41, 5.74) is -0.156. The van der Waals surface area contributed by atoms with Gasteiger partial charge < -0.3 is 5.11 Å². The molecule has 0 aliphatic carbocycles. The van der Waals surface area contributed by atoms with Crippen molar-refractivity contribution in [1.82, 2.24) is 4.90 Å². The van der Waals surface area contributed by atoms with Crippen LogP contribution in [-0.4, -0.2) is 34.7 Å². The van der Waals surface area contributed by atoms with Gasteiger partial charge in [-0.15, -0.1) is 24.8 Å². The third-order valence-corrected chi connectivity index (χ3v) is 2.11. The molecule has 0 amide bonds. The van der Waals surface area contributed by atoms with Crippen molar-refractivity contribution >= 4 is 11.6 Å². The molecule has 0 aliphatic heterocycles. The van der Waals surface area contributed by atoms with Gasteiger partial charge in [0.15, 0.2) is 0 Å². The molecule has 0 spiro atoms. The van der Waals surface area contributed by atoms with E-state index in [-0.39, 0.29) is 11.6 Å². The Labute approximate surface area is 85.5 Å². The first kappa shape index (κ1) is 12.7. The lowest BCUT2D eigenvalue weighted by Gasteiger charge is -2.25. The van der Waals surface area contributed by atoms with Gasteiger partial charge in [-0.25, -0.2) is 0 Å². The lowest BCUT2D eigenvalue weighted by Crippen LogP contribution is -2.33. The molecule has 0 heterocycles. The highest BCUT2D eigenvalue weighted by molar-refractivity contribution is 6.20. The molecule has 2 atom stereocenters. The quantitative estimate of drug-likeness (QED) is 0.389. The van der Waals surface area contributed by atoms with E-state index < -0.39 is 0 Å². The van der Waals surface area contributed by atoms with Gasteiger partial charge >= 0.3 is 0 Å². The average molecular weight is 204 g/mol. The van der Waals surface area contributed by atoms with Gasteiger partial charge in [0.25, 0.3) is 0 Å². The van der Waals surface area contributed by atoms with Crippen molar-refractivity contribution in [2.75, 3.05) is 13.1 Å². The fraction of sp³-hybridized carbons (Fsp3) is 0.600. The molecule has 2 nitrogen and oxygen atoms in total. The third-order valence-electron chi connectivity index (χ3n) is 1.66. The molecule has 13 heavy (non-hydrogen) atoms. The van der Waals surface area contributed by atoms with Gasteiger partial charge in [-0.05, 0) is 6.92 Å². The van der Waals surface area contributed by atoms with E-state index in [9.17, 15) is 0 Å². The van der Waals surface area contributed by atoms with Crippen molar-refractivity contribution in [3.63, 3.8) is 0 Å². The van der Waals surface area contributed by atoms with Crippen LogP contribution >= 0.6 is 11.6 Å². The normalized spacial score (nSPS) is 15.4. The number of hydrogen-bond donors (Lipinski definition) is 1. The van der Waals surface area contributed by atoms with Crippen LogP contribution in [0.4, 0.5) is 0 Å². The Morgan fingerprint density at radius 2 is 1.85 bits per heavy atom. The second kappa shape index (κ2) is 7.13. The van der Waals surface area contributed by atoms with Crippen LogP contribution in [0.2, 0.25) is 0 Å². The summed E-state index contributed by atoms with van der Waals surface area (Å²) in [7, 11) is 0. The standard InChI is InChI=1S/C10H18ClNO/c1-4-6-12(7-5-2)10(11)8-9(3)13/h4-5,9-10,13H,1-2,6-8H2,3H3. The predicted octanol–water partition coefficient (Wildman–Crippen LogP) is 2.00. The smallest absolute Gasteiger partial charge is 0.0880 e. The second-order valence-electron chi connectivity index (χ2n) is 3.05. The van der Waals surface area contributed by atoms with E-state index in [4.69, 9.17) is 16.7 Å². The topological polar surface area (TPSA) is 23.5 Å². The molecule has 76 valence electrons. The van der Waals surface area contributed by atoms with Crippen molar-refractivity contribution < 1.29 is 5.11 Å². The van der Waals surface area contributed by atoms with E-state index in [1.165, 1.54) is 0 Å². The molecule has 1 N–H and O–H groups in total. The van der Waals surface area contributed by atoms with Crippen LogP contribution in [0.15, 0.2) is 25.3 Å². The average Bonchev–Trinajstić information content (AvgIpc) is 2.02. The molecule has 0 rings (SSSR count). The first-order chi connectivity index (χ1) is 6.11. The molecule has 0 saturated heterocycles. The van der Waals surface area contributed by atoms with E-state index >= 15 is 0 Å². The van der Waals surface area contributed by atoms with Crippen LogP contribution in [0.5, 0.6) is 0 Å². The Bertz CT molecular complexity index is 149. The molecule has 0 aromatic rings. The van der Waals surface area contributed by atoms with Gasteiger partial charge in [-0.2, -0.15) is 0 Å². The zero-order chi connectivity index (χ0) is 10.3. The van der Waals surface area contributed by atoms with Crippen molar-refractivity contribution in [3.8, 4) is 0 Å². The summed E-state index contributed by atoms with van der Waals surface area (Å²) in [5.74, 6) is 0. The molecule has 0 fully saturated rings. The number of rotatable bonds is 7. The summed E-state index contributed by atoms with van der Waals surface area (Å²) in [6.07, 6.45) is 3.77. The Hall–Kier alpha value is -0.310. The van der Waals surface area contributed by atoms with E-state index in [2.05, 4.69) is 13.2 Å². The Morgan fingerprint density at radius 1 is 1.38 bits per heavy atom. The first-order valence-electron chi connectivity index (χ1n) is 4.39. The maximum absolute atomic E-state index is 9.15. The number of hydrogen-bond acceptors (Lipinski definition) is 2. The second-order valence-corrected chi connectivity index (χ2v) is 3.55. The first-order valence-corrected chi connectivity index (χ1v) is 4.83. The zero-order valence-electron chi connectivity index (χ0n) is 8.12. The van der Waals surface area contributed by atoms with Crippen LogP contribution in [0.25, 0.3) is 0 Å². The lowest BCUT2D eigenvalue weighted by atomic mass is 10.2. The van der Waals surface area contributed by atoms with E-state index in [0.29, 0.717) is 19.5 Å². The van der Waals surface area contributed by atoms with Gasteiger partial charge in [0.1, 0.15) is 0 Å². The van der Waals surface area contributed by atoms with Crippen LogP contribution < -0.4 is 0 Å². The largest absolute Gasteiger partial charge is 0.393 e. The van der Waals surface area contributed by atoms with Gasteiger partial charge in [-0.3, -0.25) is 4.90 Å². The summed E-state index contributed by atoms with van der Waals surface area (Å²) in [6.45, 7) is 10.5.